The maximum Gasteiger partial charge on any atom is 0.257 e. The highest BCUT2D eigenvalue weighted by Crippen LogP contribution is 2.35. The molecule has 3 aromatic heterocycles. The molecule has 2 N–H and O–H groups in total. The van der Waals surface area contributed by atoms with E-state index in [-0.39, 0.29) is 5.91 Å². The van der Waals surface area contributed by atoms with E-state index in [0.29, 0.717) is 16.3 Å². The van der Waals surface area contributed by atoms with Gasteiger partial charge < -0.3 is 0 Å². The summed E-state index contributed by atoms with van der Waals surface area (Å²) in [5.74, 6) is -0.168. The summed E-state index contributed by atoms with van der Waals surface area (Å²) in [4.78, 5) is 17.6. The third-order valence-electron chi connectivity index (χ3n) is 3.13. The Morgan fingerprint density at radius 3 is 2.77 bits per heavy atom. The van der Waals surface area contributed by atoms with Crippen molar-refractivity contribution in [2.24, 2.45) is 0 Å². The van der Waals surface area contributed by atoms with E-state index in [9.17, 15) is 4.79 Å². The molecule has 0 saturated heterocycles. The van der Waals surface area contributed by atoms with Crippen molar-refractivity contribution in [1.29, 1.82) is 0 Å². The lowest BCUT2D eigenvalue weighted by Gasteiger charge is -2.00. The van der Waals surface area contributed by atoms with Gasteiger partial charge in [0.15, 0.2) is 10.8 Å². The minimum absolute atomic E-state index is 0.168. The largest absolute Gasteiger partial charge is 0.298 e. The first-order chi connectivity index (χ1) is 10.8. The second-order valence-corrected chi connectivity index (χ2v) is 6.51. The van der Waals surface area contributed by atoms with Crippen LogP contribution in [0.25, 0.3) is 20.9 Å². The van der Waals surface area contributed by atoms with Crippen molar-refractivity contribution < 1.29 is 4.79 Å². The number of H-pyrrole nitrogens is 1. The quantitative estimate of drug-likeness (QED) is 0.598. The van der Waals surface area contributed by atoms with Gasteiger partial charge >= 0.3 is 0 Å². The molecule has 7 heteroatoms. The predicted octanol–water partition coefficient (Wildman–Crippen LogP) is 4.00. The molecule has 4 aromatic rings. The van der Waals surface area contributed by atoms with Crippen LogP contribution in [-0.2, 0) is 0 Å². The maximum absolute atomic E-state index is 12.2. The number of amides is 1. The average molecular weight is 326 g/mol. The third-order valence-corrected chi connectivity index (χ3v) is 5.00. The number of anilines is 1. The van der Waals surface area contributed by atoms with Gasteiger partial charge in [0.2, 0.25) is 0 Å². The van der Waals surface area contributed by atoms with Gasteiger partial charge in [0, 0.05) is 5.56 Å². The number of hydrogen-bond donors (Lipinski definition) is 2. The van der Waals surface area contributed by atoms with Crippen LogP contribution in [0.15, 0.2) is 47.8 Å². The monoisotopic (exact) mass is 326 g/mol. The molecule has 0 saturated carbocycles. The first-order valence-electron chi connectivity index (χ1n) is 6.56. The van der Waals surface area contributed by atoms with Crippen LogP contribution in [0.4, 0.5) is 5.13 Å². The Morgan fingerprint density at radius 1 is 1.14 bits per heavy atom. The summed E-state index contributed by atoms with van der Waals surface area (Å²) in [7, 11) is 0. The molecule has 1 aromatic carbocycles. The molecular weight excluding hydrogens is 316 g/mol. The third kappa shape index (κ3) is 2.30. The number of carbonyl (C=O) groups excluding carboxylic acids is 1. The van der Waals surface area contributed by atoms with E-state index < -0.39 is 0 Å². The van der Waals surface area contributed by atoms with Gasteiger partial charge in [-0.05, 0) is 23.6 Å². The van der Waals surface area contributed by atoms with Crippen LogP contribution in [-0.4, -0.2) is 21.1 Å². The predicted molar refractivity (Wildman–Crippen MR) is 89.5 cm³/mol. The fourth-order valence-corrected chi connectivity index (χ4v) is 3.81. The van der Waals surface area contributed by atoms with Crippen molar-refractivity contribution in [2.75, 3.05) is 5.32 Å². The minimum atomic E-state index is -0.168. The molecule has 0 aliphatic rings. The molecule has 3 heterocycles. The van der Waals surface area contributed by atoms with E-state index in [2.05, 4.69) is 20.5 Å². The van der Waals surface area contributed by atoms with Gasteiger partial charge in [0.05, 0.1) is 10.6 Å². The summed E-state index contributed by atoms with van der Waals surface area (Å²) in [6.07, 6.45) is 0. The van der Waals surface area contributed by atoms with E-state index >= 15 is 0 Å². The van der Waals surface area contributed by atoms with Crippen molar-refractivity contribution in [2.45, 2.75) is 0 Å². The highest BCUT2D eigenvalue weighted by Gasteiger charge is 2.15. The fraction of sp³-hybridized carbons (Fsp3) is 0. The summed E-state index contributed by atoms with van der Waals surface area (Å²) >= 11 is 3.06. The highest BCUT2D eigenvalue weighted by atomic mass is 32.1. The summed E-state index contributed by atoms with van der Waals surface area (Å²) in [5, 5.41) is 12.6. The van der Waals surface area contributed by atoms with Crippen LogP contribution in [0.1, 0.15) is 10.4 Å². The lowest BCUT2D eigenvalue weighted by atomic mass is 10.2. The second-order valence-electron chi connectivity index (χ2n) is 4.57. The molecule has 0 unspecified atom stereocenters. The van der Waals surface area contributed by atoms with Crippen molar-refractivity contribution in [3.63, 3.8) is 0 Å². The summed E-state index contributed by atoms with van der Waals surface area (Å²) in [5.41, 5.74) is 2.18. The molecule has 5 nitrogen and oxygen atoms in total. The number of nitrogens with one attached hydrogen (secondary N) is 2. The summed E-state index contributed by atoms with van der Waals surface area (Å²) < 4.78 is 0.950. The normalized spacial score (nSPS) is 10.9. The molecule has 0 atom stereocenters. The number of aromatic nitrogens is 3. The van der Waals surface area contributed by atoms with E-state index in [1.807, 2.05) is 35.7 Å². The lowest BCUT2D eigenvalue weighted by Crippen LogP contribution is -2.11. The number of thiophene rings is 1. The fourth-order valence-electron chi connectivity index (χ4n) is 2.11. The maximum atomic E-state index is 12.2. The highest BCUT2D eigenvalue weighted by molar-refractivity contribution is 7.23. The molecule has 0 bridgehead atoms. The number of fused-ring (bicyclic) bond motifs is 1. The van der Waals surface area contributed by atoms with Crippen molar-refractivity contribution in [3.05, 3.63) is 53.4 Å². The number of nitrogens with zero attached hydrogens (tertiary/aromatic N) is 2. The van der Waals surface area contributed by atoms with Gasteiger partial charge in [-0.3, -0.25) is 15.2 Å². The lowest BCUT2D eigenvalue weighted by molar-refractivity contribution is 0.102. The van der Waals surface area contributed by atoms with Gasteiger partial charge in [-0.25, -0.2) is 0 Å². The molecule has 108 valence electrons. The van der Waals surface area contributed by atoms with Gasteiger partial charge in [-0.2, -0.15) is 10.1 Å². The van der Waals surface area contributed by atoms with Crippen LogP contribution in [0.5, 0.6) is 0 Å². The summed E-state index contributed by atoms with van der Waals surface area (Å²) in [6, 6.07) is 13.1. The zero-order valence-corrected chi connectivity index (χ0v) is 12.9. The van der Waals surface area contributed by atoms with Crippen LogP contribution in [0.2, 0.25) is 0 Å². The SMILES string of the molecule is O=C(Nc1nc2n[nH]c(-c3cccs3)c2s1)c1ccccc1. The Hall–Kier alpha value is -2.51. The molecule has 0 spiro atoms. The second kappa shape index (κ2) is 5.36. The molecular formula is C15H10N4OS2. The first kappa shape index (κ1) is 13.2. The van der Waals surface area contributed by atoms with Gasteiger partial charge in [0.25, 0.3) is 5.91 Å². The van der Waals surface area contributed by atoms with Crippen LogP contribution < -0.4 is 5.32 Å². The summed E-state index contributed by atoms with van der Waals surface area (Å²) in [6.45, 7) is 0. The van der Waals surface area contributed by atoms with Crippen molar-refractivity contribution in [3.8, 4) is 10.6 Å². The first-order valence-corrected chi connectivity index (χ1v) is 8.26. The van der Waals surface area contributed by atoms with Crippen molar-refractivity contribution in [1.82, 2.24) is 15.2 Å². The van der Waals surface area contributed by atoms with Gasteiger partial charge in [-0.15, -0.1) is 11.3 Å². The zero-order chi connectivity index (χ0) is 14.9. The Labute approximate surface area is 133 Å². The van der Waals surface area contributed by atoms with Crippen LogP contribution in [0, 0.1) is 0 Å². The molecule has 22 heavy (non-hydrogen) atoms. The number of carbonyl (C=O) groups is 1. The molecule has 1 amide bonds. The molecule has 0 aliphatic heterocycles. The minimum Gasteiger partial charge on any atom is -0.298 e. The number of thiazole rings is 1. The van der Waals surface area contributed by atoms with Gasteiger partial charge in [0.1, 0.15) is 4.70 Å². The Bertz CT molecular complexity index is 925. The zero-order valence-electron chi connectivity index (χ0n) is 11.2. The number of rotatable bonds is 3. The van der Waals surface area contributed by atoms with E-state index in [1.165, 1.54) is 11.3 Å². The molecule has 4 rings (SSSR count). The smallest absolute Gasteiger partial charge is 0.257 e. The van der Waals surface area contributed by atoms with Gasteiger partial charge in [-0.1, -0.05) is 35.6 Å². The Morgan fingerprint density at radius 2 is 2.00 bits per heavy atom. The standard InChI is InChI=1S/C15H10N4OS2/c20-14(9-5-2-1-3-6-9)17-15-16-13-12(22-15)11(18-19-13)10-7-4-8-21-10/h1-8H,(H2,16,17,18,19,20). The average Bonchev–Trinajstić information content (AvgIpc) is 3.24. The topological polar surface area (TPSA) is 70.7 Å². The van der Waals surface area contributed by atoms with Crippen LogP contribution in [0.3, 0.4) is 0 Å². The molecule has 0 radical (unpaired) electrons. The molecule has 0 aliphatic carbocycles. The molecule has 0 fully saturated rings. The van der Waals surface area contributed by atoms with E-state index in [0.717, 1.165) is 15.3 Å². The Balaban J connectivity index is 1.65. The van der Waals surface area contributed by atoms with E-state index in [1.54, 1.807) is 23.5 Å². The van der Waals surface area contributed by atoms with E-state index in [4.69, 9.17) is 0 Å². The number of hydrogen-bond acceptors (Lipinski definition) is 5. The van der Waals surface area contributed by atoms with Crippen LogP contribution >= 0.6 is 22.7 Å². The van der Waals surface area contributed by atoms with Crippen molar-refractivity contribution >= 4 is 44.1 Å². The number of aromatic amines is 1. The number of benzene rings is 1. The Kier molecular flexibility index (Phi) is 3.21.